The third-order valence-corrected chi connectivity index (χ3v) is 4.04. The summed E-state index contributed by atoms with van der Waals surface area (Å²) in [5.74, 6) is -0.888. The van der Waals surface area contributed by atoms with Crippen molar-refractivity contribution in [1.82, 2.24) is 5.16 Å². The van der Waals surface area contributed by atoms with Crippen molar-refractivity contribution < 1.29 is 14.0 Å². The Hall–Kier alpha value is -1.49. The third-order valence-electron chi connectivity index (χ3n) is 2.85. The Kier molecular flexibility index (Phi) is 3.24. The summed E-state index contributed by atoms with van der Waals surface area (Å²) in [5.41, 5.74) is 0.426. The highest BCUT2D eigenvalue weighted by molar-refractivity contribution is 6.49. The summed E-state index contributed by atoms with van der Waals surface area (Å²) in [6.07, 6.45) is 0. The van der Waals surface area contributed by atoms with Gasteiger partial charge >= 0.3 is 0 Å². The molecule has 102 valence electrons. The third kappa shape index (κ3) is 1.84. The van der Waals surface area contributed by atoms with Crippen molar-refractivity contribution in [2.24, 2.45) is 0 Å². The first-order chi connectivity index (χ1) is 9.52. The van der Waals surface area contributed by atoms with Gasteiger partial charge in [-0.25, -0.2) is 4.39 Å². The average molecular weight is 333 g/mol. The van der Waals surface area contributed by atoms with Crippen molar-refractivity contribution >= 4 is 45.8 Å². The van der Waals surface area contributed by atoms with Crippen LogP contribution in [0.2, 0.25) is 15.1 Å². The Morgan fingerprint density at radius 2 is 1.75 bits per heavy atom. The summed E-state index contributed by atoms with van der Waals surface area (Å²) in [5, 5.41) is 13.5. The molecule has 1 heterocycles. The SMILES string of the molecule is Oc1c(Cl)c(Cl)c2c(-c3ccccc3F)noc2c1Cl. The van der Waals surface area contributed by atoms with E-state index in [1.165, 1.54) is 12.1 Å². The van der Waals surface area contributed by atoms with Crippen molar-refractivity contribution in [1.29, 1.82) is 0 Å². The molecule has 1 N–H and O–H groups in total. The maximum atomic E-state index is 13.9. The van der Waals surface area contributed by atoms with E-state index in [-0.39, 0.29) is 37.3 Å². The molecule has 0 bridgehead atoms. The molecule has 0 unspecified atom stereocenters. The second-order valence-corrected chi connectivity index (χ2v) is 5.14. The first-order valence-electron chi connectivity index (χ1n) is 5.42. The summed E-state index contributed by atoms with van der Waals surface area (Å²) in [6, 6.07) is 6.01. The molecule has 0 radical (unpaired) electrons. The summed E-state index contributed by atoms with van der Waals surface area (Å²) in [6.45, 7) is 0. The zero-order valence-corrected chi connectivity index (χ0v) is 11.9. The van der Waals surface area contributed by atoms with Gasteiger partial charge in [-0.1, -0.05) is 52.1 Å². The summed E-state index contributed by atoms with van der Waals surface area (Å²) >= 11 is 17.9. The number of hydrogen-bond donors (Lipinski definition) is 1. The minimum atomic E-state index is -0.487. The molecule has 3 nitrogen and oxygen atoms in total. The lowest BCUT2D eigenvalue weighted by atomic mass is 10.1. The fourth-order valence-corrected chi connectivity index (χ4v) is 2.62. The number of aromatic hydroxyl groups is 1. The Morgan fingerprint density at radius 3 is 2.45 bits per heavy atom. The standard InChI is InChI=1S/C13H5Cl3FNO2/c14-8-7-11(5-3-1-2-4-6(5)17)18-20-13(7)10(16)12(19)9(8)15/h1-4,19H. The van der Waals surface area contributed by atoms with E-state index in [2.05, 4.69) is 5.16 Å². The Labute approximate surface area is 127 Å². The van der Waals surface area contributed by atoms with Crippen LogP contribution < -0.4 is 0 Å². The molecule has 7 heteroatoms. The summed E-state index contributed by atoms with van der Waals surface area (Å²) in [4.78, 5) is 0. The van der Waals surface area contributed by atoms with Crippen LogP contribution in [0.3, 0.4) is 0 Å². The van der Waals surface area contributed by atoms with Gasteiger partial charge < -0.3 is 9.63 Å². The lowest BCUT2D eigenvalue weighted by molar-refractivity contribution is 0.451. The van der Waals surface area contributed by atoms with E-state index in [9.17, 15) is 9.50 Å². The number of aromatic nitrogens is 1. The Bertz CT molecular complexity index is 832. The molecule has 3 aromatic rings. The largest absolute Gasteiger partial charge is 0.505 e. The minimum Gasteiger partial charge on any atom is -0.505 e. The van der Waals surface area contributed by atoms with Crippen molar-refractivity contribution in [3.05, 3.63) is 45.2 Å². The van der Waals surface area contributed by atoms with Crippen LogP contribution in [0.5, 0.6) is 5.75 Å². The van der Waals surface area contributed by atoms with Crippen LogP contribution in [0.1, 0.15) is 0 Å². The first-order valence-corrected chi connectivity index (χ1v) is 6.55. The highest BCUT2D eigenvalue weighted by Crippen LogP contribution is 2.47. The fraction of sp³-hybridized carbons (Fsp3) is 0. The topological polar surface area (TPSA) is 46.3 Å². The highest BCUT2D eigenvalue weighted by atomic mass is 35.5. The molecule has 0 spiro atoms. The minimum absolute atomic E-state index is 0.00284. The van der Waals surface area contributed by atoms with Gasteiger partial charge in [-0.15, -0.1) is 0 Å². The number of phenolic OH excluding ortho intramolecular Hbond substituents is 1. The zero-order chi connectivity index (χ0) is 14.4. The van der Waals surface area contributed by atoms with Crippen molar-refractivity contribution in [2.45, 2.75) is 0 Å². The van der Waals surface area contributed by atoms with E-state index in [0.29, 0.717) is 0 Å². The van der Waals surface area contributed by atoms with Gasteiger partial charge in [0.25, 0.3) is 0 Å². The number of rotatable bonds is 1. The van der Waals surface area contributed by atoms with Crippen LogP contribution >= 0.6 is 34.8 Å². The van der Waals surface area contributed by atoms with Gasteiger partial charge in [0.2, 0.25) is 0 Å². The van der Waals surface area contributed by atoms with E-state index in [4.69, 9.17) is 39.3 Å². The second kappa shape index (κ2) is 4.81. The predicted octanol–water partition coefficient (Wildman–Crippen LogP) is 5.30. The molecule has 0 aliphatic rings. The molecule has 1 aromatic heterocycles. The molecule has 3 rings (SSSR count). The fourth-order valence-electron chi connectivity index (χ4n) is 1.90. The Balaban J connectivity index is 2.44. The summed E-state index contributed by atoms with van der Waals surface area (Å²) in [7, 11) is 0. The van der Waals surface area contributed by atoms with E-state index in [1.54, 1.807) is 12.1 Å². The van der Waals surface area contributed by atoms with E-state index < -0.39 is 11.6 Å². The molecule has 0 aliphatic carbocycles. The summed E-state index contributed by atoms with van der Waals surface area (Å²) < 4.78 is 18.9. The number of benzene rings is 2. The van der Waals surface area contributed by atoms with Crippen LogP contribution in [0.15, 0.2) is 28.8 Å². The molecule has 0 aliphatic heterocycles. The maximum Gasteiger partial charge on any atom is 0.191 e. The zero-order valence-electron chi connectivity index (χ0n) is 9.62. The Morgan fingerprint density at radius 1 is 1.05 bits per heavy atom. The van der Waals surface area contributed by atoms with Gasteiger partial charge in [-0.05, 0) is 12.1 Å². The van der Waals surface area contributed by atoms with Crippen LogP contribution in [-0.4, -0.2) is 10.3 Å². The molecule has 0 fully saturated rings. The van der Waals surface area contributed by atoms with E-state index in [1.807, 2.05) is 0 Å². The molecule has 0 saturated carbocycles. The molecular weight excluding hydrogens is 328 g/mol. The van der Waals surface area contributed by atoms with E-state index >= 15 is 0 Å². The van der Waals surface area contributed by atoms with Gasteiger partial charge in [0.1, 0.15) is 21.6 Å². The van der Waals surface area contributed by atoms with Crippen LogP contribution in [0, 0.1) is 5.82 Å². The number of phenols is 1. The molecule has 0 saturated heterocycles. The van der Waals surface area contributed by atoms with Crippen LogP contribution in [0.4, 0.5) is 4.39 Å². The lowest BCUT2D eigenvalue weighted by Gasteiger charge is -2.04. The number of nitrogens with zero attached hydrogens (tertiary/aromatic N) is 1. The number of fused-ring (bicyclic) bond motifs is 1. The van der Waals surface area contributed by atoms with E-state index in [0.717, 1.165) is 0 Å². The van der Waals surface area contributed by atoms with Crippen LogP contribution in [-0.2, 0) is 0 Å². The molecule has 0 atom stereocenters. The van der Waals surface area contributed by atoms with Crippen molar-refractivity contribution in [3.8, 4) is 17.0 Å². The van der Waals surface area contributed by atoms with Gasteiger partial charge in [0.15, 0.2) is 11.3 Å². The number of halogens is 4. The van der Waals surface area contributed by atoms with Gasteiger partial charge in [-0.3, -0.25) is 0 Å². The maximum absolute atomic E-state index is 13.9. The first kappa shape index (κ1) is 13.5. The van der Waals surface area contributed by atoms with Gasteiger partial charge in [0, 0.05) is 5.56 Å². The lowest BCUT2D eigenvalue weighted by Crippen LogP contribution is -1.85. The predicted molar refractivity (Wildman–Crippen MR) is 76.1 cm³/mol. The molecule has 20 heavy (non-hydrogen) atoms. The van der Waals surface area contributed by atoms with Gasteiger partial charge in [0.05, 0.1) is 10.4 Å². The van der Waals surface area contributed by atoms with Crippen molar-refractivity contribution in [3.63, 3.8) is 0 Å². The second-order valence-electron chi connectivity index (χ2n) is 4.01. The quantitative estimate of drug-likeness (QED) is 0.615. The number of hydrogen-bond acceptors (Lipinski definition) is 3. The monoisotopic (exact) mass is 331 g/mol. The van der Waals surface area contributed by atoms with Crippen LogP contribution in [0.25, 0.3) is 22.2 Å². The molecular formula is C13H5Cl3FNO2. The highest BCUT2D eigenvalue weighted by Gasteiger charge is 2.24. The van der Waals surface area contributed by atoms with Crippen molar-refractivity contribution in [2.75, 3.05) is 0 Å². The van der Waals surface area contributed by atoms with Gasteiger partial charge in [-0.2, -0.15) is 0 Å². The smallest absolute Gasteiger partial charge is 0.191 e. The molecule has 0 amide bonds. The average Bonchev–Trinajstić information content (AvgIpc) is 2.88. The molecule has 2 aromatic carbocycles. The normalized spacial score (nSPS) is 11.2.